The van der Waals surface area contributed by atoms with Crippen LogP contribution >= 0.6 is 0 Å². The van der Waals surface area contributed by atoms with Crippen LogP contribution in [0, 0.1) is 19.8 Å². The van der Waals surface area contributed by atoms with E-state index in [2.05, 4.69) is 34.0 Å². The molecule has 0 spiro atoms. The minimum absolute atomic E-state index is 0.0400. The Morgan fingerprint density at radius 2 is 1.97 bits per heavy atom. The number of ether oxygens (including phenoxy) is 1. The fraction of sp³-hybridized carbons (Fsp3) is 0.391. The monoisotopic (exact) mass is 388 g/mol. The Bertz CT molecular complexity index is 1100. The highest BCUT2D eigenvalue weighted by molar-refractivity contribution is 5.66. The van der Waals surface area contributed by atoms with E-state index in [1.807, 2.05) is 30.0 Å². The van der Waals surface area contributed by atoms with Gasteiger partial charge in [0, 0.05) is 53.8 Å². The molecule has 0 saturated heterocycles. The predicted molar refractivity (Wildman–Crippen MR) is 110 cm³/mol. The van der Waals surface area contributed by atoms with Crippen LogP contribution in [0.25, 0.3) is 11.1 Å². The van der Waals surface area contributed by atoms with Crippen molar-refractivity contribution in [3.63, 3.8) is 0 Å². The molecule has 2 fully saturated rings. The molecular formula is C23H24N4O2. The summed E-state index contributed by atoms with van der Waals surface area (Å²) in [7, 11) is 0. The summed E-state index contributed by atoms with van der Waals surface area (Å²) >= 11 is 0. The van der Waals surface area contributed by atoms with Gasteiger partial charge < -0.3 is 9.30 Å². The molecule has 6 heteroatoms. The average Bonchev–Trinajstić information content (AvgIpc) is 3.62. The quantitative estimate of drug-likeness (QED) is 0.642. The van der Waals surface area contributed by atoms with Crippen molar-refractivity contribution in [2.45, 2.75) is 45.1 Å². The highest BCUT2D eigenvalue weighted by Crippen LogP contribution is 2.47. The van der Waals surface area contributed by atoms with E-state index in [-0.39, 0.29) is 5.56 Å². The minimum atomic E-state index is 0.0400. The first-order chi connectivity index (χ1) is 14.1. The molecule has 1 unspecified atom stereocenters. The van der Waals surface area contributed by atoms with Crippen LogP contribution in [0.15, 0.2) is 47.7 Å². The summed E-state index contributed by atoms with van der Waals surface area (Å²) in [6.45, 7) is 4.51. The Morgan fingerprint density at radius 1 is 1.10 bits per heavy atom. The second-order valence-corrected chi connectivity index (χ2v) is 8.20. The van der Waals surface area contributed by atoms with Gasteiger partial charge in [0.1, 0.15) is 5.82 Å². The second kappa shape index (κ2) is 7.10. The molecule has 0 bridgehead atoms. The Kier molecular flexibility index (Phi) is 4.42. The summed E-state index contributed by atoms with van der Waals surface area (Å²) in [5.74, 6) is 2.17. The van der Waals surface area contributed by atoms with Gasteiger partial charge in [0.05, 0.1) is 12.2 Å². The third-order valence-electron chi connectivity index (χ3n) is 5.73. The molecule has 5 rings (SSSR count). The molecule has 29 heavy (non-hydrogen) atoms. The Hall–Kier alpha value is -3.02. The van der Waals surface area contributed by atoms with Crippen molar-refractivity contribution in [1.29, 1.82) is 0 Å². The van der Waals surface area contributed by atoms with Crippen molar-refractivity contribution in [2.75, 3.05) is 6.61 Å². The van der Waals surface area contributed by atoms with E-state index in [4.69, 9.17) is 4.74 Å². The number of rotatable bonds is 6. The Balaban J connectivity index is 1.35. The molecule has 0 radical (unpaired) electrons. The maximum Gasteiger partial charge on any atom is 0.250 e. The average molecular weight is 388 g/mol. The van der Waals surface area contributed by atoms with Gasteiger partial charge in [-0.25, -0.2) is 4.98 Å². The van der Waals surface area contributed by atoms with Gasteiger partial charge in [-0.05, 0) is 50.8 Å². The van der Waals surface area contributed by atoms with Crippen molar-refractivity contribution in [1.82, 2.24) is 19.5 Å². The zero-order chi connectivity index (χ0) is 20.0. The lowest BCUT2D eigenvalue weighted by Crippen LogP contribution is -2.17. The van der Waals surface area contributed by atoms with E-state index in [1.165, 1.54) is 5.56 Å². The van der Waals surface area contributed by atoms with Crippen LogP contribution in [0.2, 0.25) is 0 Å². The maximum absolute atomic E-state index is 12.1. The fourth-order valence-electron chi connectivity index (χ4n) is 3.74. The highest BCUT2D eigenvalue weighted by atomic mass is 16.5. The van der Waals surface area contributed by atoms with Crippen LogP contribution in [-0.2, 0) is 0 Å². The summed E-state index contributed by atoms with van der Waals surface area (Å²) in [6, 6.07) is 8.00. The Morgan fingerprint density at radius 3 is 2.72 bits per heavy atom. The third-order valence-corrected chi connectivity index (χ3v) is 5.73. The molecule has 2 saturated carbocycles. The van der Waals surface area contributed by atoms with Crippen molar-refractivity contribution < 1.29 is 4.74 Å². The molecule has 0 aliphatic heterocycles. The number of aryl methyl sites for hydroxylation is 2. The lowest BCUT2D eigenvalue weighted by Gasteiger charge is -2.12. The first-order valence-electron chi connectivity index (χ1n) is 10.2. The lowest BCUT2D eigenvalue weighted by molar-refractivity contribution is 0.285. The topological polar surface area (TPSA) is 69.9 Å². The first kappa shape index (κ1) is 18.0. The summed E-state index contributed by atoms with van der Waals surface area (Å²) in [4.78, 5) is 25.6. The molecule has 6 nitrogen and oxygen atoms in total. The largest absolute Gasteiger partial charge is 0.477 e. The number of nitrogens with zero attached hydrogens (tertiary/aromatic N) is 4. The van der Waals surface area contributed by atoms with Gasteiger partial charge in [0.15, 0.2) is 0 Å². The highest BCUT2D eigenvalue weighted by Gasteiger charge is 2.40. The van der Waals surface area contributed by atoms with Gasteiger partial charge in [0.2, 0.25) is 5.88 Å². The van der Waals surface area contributed by atoms with E-state index in [0.29, 0.717) is 36.2 Å². The molecule has 3 aromatic rings. The second-order valence-electron chi connectivity index (χ2n) is 8.20. The summed E-state index contributed by atoms with van der Waals surface area (Å²) in [6.07, 6.45) is 8.84. The molecular weight excluding hydrogens is 364 g/mol. The van der Waals surface area contributed by atoms with E-state index in [0.717, 1.165) is 36.1 Å². The summed E-state index contributed by atoms with van der Waals surface area (Å²) in [5, 5.41) is 0. The van der Waals surface area contributed by atoms with Crippen molar-refractivity contribution in [2.24, 2.45) is 5.92 Å². The molecule has 0 N–H and O–H groups in total. The minimum Gasteiger partial charge on any atom is -0.477 e. The van der Waals surface area contributed by atoms with E-state index in [9.17, 15) is 4.79 Å². The molecule has 2 aliphatic rings. The maximum atomic E-state index is 12.1. The van der Waals surface area contributed by atoms with Crippen LogP contribution in [0.4, 0.5) is 0 Å². The van der Waals surface area contributed by atoms with Gasteiger partial charge in [-0.1, -0.05) is 6.07 Å². The van der Waals surface area contributed by atoms with Gasteiger partial charge >= 0.3 is 0 Å². The predicted octanol–water partition coefficient (Wildman–Crippen LogP) is 3.83. The van der Waals surface area contributed by atoms with Crippen LogP contribution in [-0.4, -0.2) is 26.1 Å². The summed E-state index contributed by atoms with van der Waals surface area (Å²) in [5.41, 5.74) is 4.10. The number of hydrogen-bond acceptors (Lipinski definition) is 5. The number of aromatic nitrogens is 4. The zero-order valence-electron chi connectivity index (χ0n) is 16.7. The zero-order valence-corrected chi connectivity index (χ0v) is 16.7. The Labute approximate surface area is 169 Å². The molecule has 0 aromatic carbocycles. The standard InChI is InChI=1S/C23H24N4O2/c1-14-3-7-21(25-10-14)19-9-17(19)13-29-23-20(11-24-15(2)26-23)16-4-8-22(28)27(12-16)18-5-6-18/h3-4,7-8,10-12,17-19H,5-6,9,13H2,1-2H3/t17?,19-/m1/s1. The van der Waals surface area contributed by atoms with Gasteiger partial charge in [-0.2, -0.15) is 4.98 Å². The molecule has 2 aliphatic carbocycles. The first-order valence-corrected chi connectivity index (χ1v) is 10.2. The van der Waals surface area contributed by atoms with Crippen LogP contribution in [0.5, 0.6) is 5.88 Å². The molecule has 3 heterocycles. The SMILES string of the molecule is Cc1ccc([C@@H]2CC2COc2nc(C)ncc2-c2ccc(=O)n(C3CC3)c2)nc1. The smallest absolute Gasteiger partial charge is 0.250 e. The van der Waals surface area contributed by atoms with Crippen LogP contribution in [0.3, 0.4) is 0 Å². The molecule has 0 amide bonds. The lowest BCUT2D eigenvalue weighted by atomic mass is 10.1. The van der Waals surface area contributed by atoms with Crippen molar-refractivity contribution in [3.8, 4) is 17.0 Å². The van der Waals surface area contributed by atoms with Gasteiger partial charge in [-0.15, -0.1) is 0 Å². The number of pyridine rings is 2. The van der Waals surface area contributed by atoms with Crippen LogP contribution < -0.4 is 10.3 Å². The fourth-order valence-corrected chi connectivity index (χ4v) is 3.74. The van der Waals surface area contributed by atoms with E-state index in [1.54, 1.807) is 12.3 Å². The third kappa shape index (κ3) is 3.79. The summed E-state index contributed by atoms with van der Waals surface area (Å²) < 4.78 is 7.97. The van der Waals surface area contributed by atoms with Gasteiger partial charge in [-0.3, -0.25) is 9.78 Å². The van der Waals surface area contributed by atoms with Crippen LogP contribution in [0.1, 0.15) is 48.3 Å². The van der Waals surface area contributed by atoms with E-state index >= 15 is 0 Å². The normalized spacial score (nSPS) is 20.5. The number of hydrogen-bond donors (Lipinski definition) is 0. The van der Waals surface area contributed by atoms with Crippen molar-refractivity contribution in [3.05, 3.63) is 70.3 Å². The molecule has 148 valence electrons. The van der Waals surface area contributed by atoms with E-state index < -0.39 is 0 Å². The van der Waals surface area contributed by atoms with Gasteiger partial charge in [0.25, 0.3) is 5.56 Å². The molecule has 3 aromatic heterocycles. The van der Waals surface area contributed by atoms with Crippen molar-refractivity contribution >= 4 is 0 Å². The molecule has 2 atom stereocenters.